The lowest BCUT2D eigenvalue weighted by molar-refractivity contribution is 0.263. The Balaban J connectivity index is 2.13. The van der Waals surface area contributed by atoms with Crippen LogP contribution in [-0.4, -0.2) is 44.5 Å². The van der Waals surface area contributed by atoms with E-state index in [1.54, 1.807) is 42.5 Å². The van der Waals surface area contributed by atoms with E-state index >= 15 is 0 Å². The van der Waals surface area contributed by atoms with Crippen molar-refractivity contribution >= 4 is 48.5 Å². The van der Waals surface area contributed by atoms with Crippen LogP contribution in [0.5, 0.6) is 5.75 Å². The van der Waals surface area contributed by atoms with Crippen LogP contribution in [0.15, 0.2) is 58.0 Å². The second-order valence-corrected chi connectivity index (χ2v) is 9.11. The van der Waals surface area contributed by atoms with Gasteiger partial charge >= 0.3 is 0 Å². The van der Waals surface area contributed by atoms with E-state index in [2.05, 4.69) is 15.9 Å². The van der Waals surface area contributed by atoms with Crippen LogP contribution in [0.2, 0.25) is 5.02 Å². The molecule has 3 aromatic rings. The van der Waals surface area contributed by atoms with Crippen LogP contribution >= 0.6 is 27.5 Å². The summed E-state index contributed by atoms with van der Waals surface area (Å²) in [5.74, 6) is 0.486. The lowest BCUT2D eigenvalue weighted by Crippen LogP contribution is -2.19. The van der Waals surface area contributed by atoms with Gasteiger partial charge in [-0.05, 0) is 60.4 Å². The zero-order chi connectivity index (χ0) is 18.9. The van der Waals surface area contributed by atoms with Gasteiger partial charge in [0.05, 0.1) is 11.7 Å². The summed E-state index contributed by atoms with van der Waals surface area (Å²) in [6, 6.07) is 11.8. The van der Waals surface area contributed by atoms with Crippen molar-refractivity contribution in [2.75, 3.05) is 27.2 Å². The number of nitrogens with zero attached hydrogens (tertiary/aromatic N) is 2. The Morgan fingerprint density at radius 1 is 1.19 bits per heavy atom. The molecule has 0 aliphatic heterocycles. The van der Waals surface area contributed by atoms with Crippen LogP contribution in [0.25, 0.3) is 10.9 Å². The minimum absolute atomic E-state index is 0.187. The zero-order valence-corrected chi connectivity index (χ0v) is 17.5. The summed E-state index contributed by atoms with van der Waals surface area (Å²) in [5.41, 5.74) is 0.519. The van der Waals surface area contributed by atoms with Crippen molar-refractivity contribution in [1.82, 2.24) is 8.87 Å². The number of fused-ring (bicyclic) bond motifs is 1. The van der Waals surface area contributed by atoms with Gasteiger partial charge in [-0.15, -0.1) is 0 Å². The molecule has 8 heteroatoms. The summed E-state index contributed by atoms with van der Waals surface area (Å²) in [5, 5.41) is 1.18. The second-order valence-electron chi connectivity index (χ2n) is 6.04. The number of likely N-dealkylation sites (N-methyl/N-ethyl adjacent to an activating group) is 1. The van der Waals surface area contributed by atoms with E-state index in [0.29, 0.717) is 39.3 Å². The third kappa shape index (κ3) is 3.76. The standard InChI is InChI=1S/C18H18BrClN2O3S/c1-21(2)9-10-25-17-12-22(16-8-7-13(20)11-14(16)17)26(23,24)18-6-4-3-5-15(18)19/h3-8,11-12H,9-10H2,1-2H3. The van der Waals surface area contributed by atoms with Gasteiger partial charge in [0.2, 0.25) is 0 Å². The Morgan fingerprint density at radius 2 is 1.92 bits per heavy atom. The van der Waals surface area contributed by atoms with Gasteiger partial charge in [-0.2, -0.15) is 0 Å². The SMILES string of the molecule is CN(C)CCOc1cn(S(=O)(=O)c2ccccc2Br)c2ccc(Cl)cc12. The number of benzene rings is 2. The molecular formula is C18H18BrClN2O3S. The molecule has 1 aromatic heterocycles. The molecule has 0 atom stereocenters. The smallest absolute Gasteiger partial charge is 0.269 e. The van der Waals surface area contributed by atoms with Crippen molar-refractivity contribution in [2.24, 2.45) is 0 Å². The summed E-state index contributed by atoms with van der Waals surface area (Å²) < 4.78 is 33.9. The average molecular weight is 458 g/mol. The first-order valence-corrected chi connectivity index (χ1v) is 10.5. The summed E-state index contributed by atoms with van der Waals surface area (Å²) in [6.07, 6.45) is 1.51. The maximum Gasteiger partial charge on any atom is 0.269 e. The van der Waals surface area contributed by atoms with Crippen LogP contribution < -0.4 is 4.74 Å². The molecule has 0 bridgehead atoms. The first kappa shape index (κ1) is 19.2. The van der Waals surface area contributed by atoms with Crippen LogP contribution in [0.1, 0.15) is 0 Å². The molecular weight excluding hydrogens is 440 g/mol. The van der Waals surface area contributed by atoms with E-state index in [1.807, 2.05) is 19.0 Å². The van der Waals surface area contributed by atoms with E-state index in [1.165, 1.54) is 10.2 Å². The molecule has 0 amide bonds. The molecule has 0 unspecified atom stereocenters. The molecule has 0 radical (unpaired) electrons. The first-order chi connectivity index (χ1) is 12.3. The molecule has 0 fully saturated rings. The highest BCUT2D eigenvalue weighted by Gasteiger charge is 2.24. The predicted octanol–water partition coefficient (Wildman–Crippen LogP) is 4.23. The highest BCUT2D eigenvalue weighted by molar-refractivity contribution is 9.10. The Hall–Kier alpha value is -1.54. The van der Waals surface area contributed by atoms with E-state index in [-0.39, 0.29) is 4.90 Å². The van der Waals surface area contributed by atoms with Crippen LogP contribution in [0, 0.1) is 0 Å². The number of halogens is 2. The molecule has 5 nitrogen and oxygen atoms in total. The van der Waals surface area contributed by atoms with E-state index in [0.717, 1.165) is 0 Å². The van der Waals surface area contributed by atoms with Gasteiger partial charge in [0.1, 0.15) is 17.3 Å². The predicted molar refractivity (Wildman–Crippen MR) is 108 cm³/mol. The van der Waals surface area contributed by atoms with E-state index < -0.39 is 10.0 Å². The number of ether oxygens (including phenoxy) is 1. The quantitative estimate of drug-likeness (QED) is 0.556. The fourth-order valence-corrected chi connectivity index (χ4v) is 5.06. The topological polar surface area (TPSA) is 51.5 Å². The first-order valence-electron chi connectivity index (χ1n) is 7.89. The lowest BCUT2D eigenvalue weighted by Gasteiger charge is -2.10. The monoisotopic (exact) mass is 456 g/mol. The largest absolute Gasteiger partial charge is 0.490 e. The van der Waals surface area contributed by atoms with Crippen molar-refractivity contribution in [3.63, 3.8) is 0 Å². The summed E-state index contributed by atoms with van der Waals surface area (Å²) in [6.45, 7) is 1.15. The molecule has 0 aliphatic carbocycles. The van der Waals surface area contributed by atoms with Crippen molar-refractivity contribution in [3.05, 3.63) is 58.2 Å². The normalized spacial score (nSPS) is 12.0. The zero-order valence-electron chi connectivity index (χ0n) is 14.3. The third-order valence-corrected chi connectivity index (χ3v) is 6.79. The molecule has 2 aromatic carbocycles. The molecule has 0 saturated carbocycles. The maximum atomic E-state index is 13.2. The molecule has 0 saturated heterocycles. The van der Waals surface area contributed by atoms with Gasteiger partial charge < -0.3 is 9.64 Å². The second kappa shape index (κ2) is 7.60. The number of rotatable bonds is 6. The minimum atomic E-state index is -3.79. The average Bonchev–Trinajstić information content (AvgIpc) is 2.93. The molecule has 0 N–H and O–H groups in total. The van der Waals surface area contributed by atoms with Crippen molar-refractivity contribution < 1.29 is 13.2 Å². The fraction of sp³-hybridized carbons (Fsp3) is 0.222. The Labute approximate surface area is 166 Å². The molecule has 3 rings (SSSR count). The highest BCUT2D eigenvalue weighted by atomic mass is 79.9. The molecule has 0 aliphatic rings. The van der Waals surface area contributed by atoms with Gasteiger partial charge in [0, 0.05) is 21.4 Å². The summed E-state index contributed by atoms with van der Waals surface area (Å²) >= 11 is 9.43. The Morgan fingerprint density at radius 3 is 2.62 bits per heavy atom. The lowest BCUT2D eigenvalue weighted by atomic mass is 10.2. The molecule has 0 spiro atoms. The molecule has 138 valence electrons. The Bertz CT molecular complexity index is 1050. The fourth-order valence-electron chi connectivity index (χ4n) is 2.56. The van der Waals surface area contributed by atoms with Gasteiger partial charge in [0.15, 0.2) is 0 Å². The summed E-state index contributed by atoms with van der Waals surface area (Å²) in [4.78, 5) is 2.18. The molecule has 26 heavy (non-hydrogen) atoms. The van der Waals surface area contributed by atoms with Crippen molar-refractivity contribution in [3.8, 4) is 5.75 Å². The number of aromatic nitrogens is 1. The van der Waals surface area contributed by atoms with Crippen LogP contribution in [-0.2, 0) is 10.0 Å². The van der Waals surface area contributed by atoms with Gasteiger partial charge in [-0.1, -0.05) is 23.7 Å². The summed E-state index contributed by atoms with van der Waals surface area (Å²) in [7, 11) is 0.0973. The van der Waals surface area contributed by atoms with E-state index in [4.69, 9.17) is 16.3 Å². The van der Waals surface area contributed by atoms with Crippen molar-refractivity contribution in [2.45, 2.75) is 4.90 Å². The number of hydrogen-bond donors (Lipinski definition) is 0. The van der Waals surface area contributed by atoms with Crippen LogP contribution in [0.3, 0.4) is 0 Å². The van der Waals surface area contributed by atoms with E-state index in [9.17, 15) is 8.42 Å². The molecule has 1 heterocycles. The minimum Gasteiger partial charge on any atom is -0.490 e. The maximum absolute atomic E-state index is 13.2. The number of hydrogen-bond acceptors (Lipinski definition) is 4. The van der Waals surface area contributed by atoms with Crippen molar-refractivity contribution in [1.29, 1.82) is 0 Å². The third-order valence-electron chi connectivity index (χ3n) is 3.87. The van der Waals surface area contributed by atoms with Gasteiger partial charge in [-0.3, -0.25) is 0 Å². The van der Waals surface area contributed by atoms with Gasteiger partial charge in [0.25, 0.3) is 10.0 Å². The Kier molecular flexibility index (Phi) is 5.62. The van der Waals surface area contributed by atoms with Crippen LogP contribution in [0.4, 0.5) is 0 Å². The highest BCUT2D eigenvalue weighted by Crippen LogP contribution is 2.34. The van der Waals surface area contributed by atoms with Gasteiger partial charge in [-0.25, -0.2) is 12.4 Å².